The standard InChI is InChI=1S/C18H24NO9P/c1-10-13-9-28-18(23)15(13)16(22)12(17(10)27-2)5-3-11(20)4-6-14(21)19-7-8-29(24,25)26/h3,20,22H,4-9H2,1-2H3,(H,19,21)(H2,24,25,26)/b11-3-. The molecule has 0 spiro atoms. The molecule has 0 saturated heterocycles. The van der Waals surface area contributed by atoms with Crippen LogP contribution < -0.4 is 10.1 Å². The fourth-order valence-corrected chi connectivity index (χ4v) is 3.42. The third-order valence-electron chi connectivity index (χ3n) is 4.52. The highest BCUT2D eigenvalue weighted by atomic mass is 31.2. The van der Waals surface area contributed by atoms with Crippen LogP contribution in [0.1, 0.15) is 39.9 Å². The number of cyclic esters (lactones) is 1. The summed E-state index contributed by atoms with van der Waals surface area (Å²) in [6.07, 6.45) is 0.910. The Balaban J connectivity index is 2.03. The number of aliphatic hydroxyl groups excluding tert-OH is 1. The largest absolute Gasteiger partial charge is 0.513 e. The quantitative estimate of drug-likeness (QED) is 0.222. The molecule has 0 atom stereocenters. The molecule has 1 aliphatic rings. The highest BCUT2D eigenvalue weighted by Gasteiger charge is 2.31. The lowest BCUT2D eigenvalue weighted by molar-refractivity contribution is -0.121. The number of aliphatic hydroxyl groups is 1. The minimum Gasteiger partial charge on any atom is -0.513 e. The van der Waals surface area contributed by atoms with Crippen LogP contribution in [0.15, 0.2) is 11.8 Å². The van der Waals surface area contributed by atoms with Gasteiger partial charge in [-0.1, -0.05) is 0 Å². The Morgan fingerprint density at radius 3 is 2.66 bits per heavy atom. The van der Waals surface area contributed by atoms with Gasteiger partial charge in [-0.05, 0) is 18.6 Å². The second-order valence-corrected chi connectivity index (χ2v) is 8.33. The first-order valence-electron chi connectivity index (χ1n) is 8.82. The Hall–Kier alpha value is -2.55. The highest BCUT2D eigenvalue weighted by Crippen LogP contribution is 2.42. The van der Waals surface area contributed by atoms with Crippen LogP contribution in [0.4, 0.5) is 0 Å². The van der Waals surface area contributed by atoms with Crippen LogP contribution in [-0.4, -0.2) is 51.7 Å². The maximum Gasteiger partial charge on any atom is 0.342 e. The third kappa shape index (κ3) is 5.72. The number of benzene rings is 1. The number of amides is 1. The molecule has 2 rings (SSSR count). The molecule has 29 heavy (non-hydrogen) atoms. The zero-order valence-corrected chi connectivity index (χ0v) is 17.0. The zero-order chi connectivity index (χ0) is 21.8. The van der Waals surface area contributed by atoms with E-state index in [9.17, 15) is 24.4 Å². The van der Waals surface area contributed by atoms with Crippen LogP contribution in [0.3, 0.4) is 0 Å². The van der Waals surface area contributed by atoms with Gasteiger partial charge in [-0.25, -0.2) is 4.79 Å². The molecule has 0 aromatic heterocycles. The van der Waals surface area contributed by atoms with E-state index in [0.717, 1.165) is 0 Å². The molecule has 0 saturated carbocycles. The summed E-state index contributed by atoms with van der Waals surface area (Å²) in [5, 5.41) is 22.9. The van der Waals surface area contributed by atoms with Gasteiger partial charge in [0.05, 0.1) is 19.0 Å². The molecule has 11 heteroatoms. The summed E-state index contributed by atoms with van der Waals surface area (Å²) in [5.74, 6) is -1.07. The summed E-state index contributed by atoms with van der Waals surface area (Å²) in [6, 6.07) is 0. The highest BCUT2D eigenvalue weighted by molar-refractivity contribution is 7.51. The summed E-state index contributed by atoms with van der Waals surface area (Å²) in [4.78, 5) is 41.0. The van der Waals surface area contributed by atoms with Crippen molar-refractivity contribution in [3.63, 3.8) is 0 Å². The zero-order valence-electron chi connectivity index (χ0n) is 16.1. The maximum absolute atomic E-state index is 11.9. The summed E-state index contributed by atoms with van der Waals surface area (Å²) in [7, 11) is -2.74. The van der Waals surface area contributed by atoms with Crippen molar-refractivity contribution in [2.75, 3.05) is 19.8 Å². The van der Waals surface area contributed by atoms with Gasteiger partial charge in [-0.2, -0.15) is 0 Å². The SMILES string of the molecule is COc1c(C)c2c(c(O)c1C/C=C(\O)CCC(=O)NCCP(=O)(O)O)C(=O)OC2. The molecular formula is C18H24NO9P. The van der Waals surface area contributed by atoms with E-state index in [1.54, 1.807) is 6.92 Å². The molecule has 1 aromatic carbocycles. The lowest BCUT2D eigenvalue weighted by Gasteiger charge is -2.15. The average molecular weight is 429 g/mol. The maximum atomic E-state index is 11.9. The number of methoxy groups -OCH3 is 1. The number of fused-ring (bicyclic) bond motifs is 1. The number of carbonyl (C=O) groups excluding carboxylic acids is 2. The monoisotopic (exact) mass is 429 g/mol. The number of hydrogen-bond acceptors (Lipinski definition) is 7. The number of rotatable bonds is 9. The van der Waals surface area contributed by atoms with Crippen molar-refractivity contribution in [3.05, 3.63) is 34.1 Å². The molecule has 0 radical (unpaired) electrons. The predicted octanol–water partition coefficient (Wildman–Crippen LogP) is 1.44. The molecule has 0 bridgehead atoms. The van der Waals surface area contributed by atoms with E-state index in [1.165, 1.54) is 13.2 Å². The molecule has 1 aromatic rings. The van der Waals surface area contributed by atoms with Gasteiger partial charge in [0.25, 0.3) is 0 Å². The van der Waals surface area contributed by atoms with Crippen LogP contribution >= 0.6 is 7.60 Å². The second kappa shape index (κ2) is 9.30. The van der Waals surface area contributed by atoms with Gasteiger partial charge in [0.15, 0.2) is 0 Å². The van der Waals surface area contributed by atoms with Gasteiger partial charge in [-0.15, -0.1) is 0 Å². The summed E-state index contributed by atoms with van der Waals surface area (Å²) in [6.45, 7) is 1.64. The predicted molar refractivity (Wildman–Crippen MR) is 102 cm³/mol. The summed E-state index contributed by atoms with van der Waals surface area (Å²) >= 11 is 0. The molecule has 0 aliphatic carbocycles. The molecule has 1 amide bonds. The van der Waals surface area contributed by atoms with Gasteiger partial charge in [0.2, 0.25) is 5.91 Å². The molecule has 0 unspecified atom stereocenters. The fraction of sp³-hybridized carbons (Fsp3) is 0.444. The van der Waals surface area contributed by atoms with Crippen LogP contribution in [0.25, 0.3) is 0 Å². The van der Waals surface area contributed by atoms with Crippen molar-refractivity contribution >= 4 is 19.5 Å². The molecule has 160 valence electrons. The van der Waals surface area contributed by atoms with Crippen LogP contribution in [0.2, 0.25) is 0 Å². The Morgan fingerprint density at radius 2 is 2.03 bits per heavy atom. The molecule has 0 fully saturated rings. The average Bonchev–Trinajstić information content (AvgIpc) is 3.02. The molecule has 1 aliphatic heterocycles. The van der Waals surface area contributed by atoms with E-state index in [-0.39, 0.29) is 49.5 Å². The Labute approximate surface area is 167 Å². The first-order valence-corrected chi connectivity index (χ1v) is 10.6. The van der Waals surface area contributed by atoms with Gasteiger partial charge < -0.3 is 34.8 Å². The molecule has 10 nitrogen and oxygen atoms in total. The van der Waals surface area contributed by atoms with E-state index < -0.39 is 25.6 Å². The molecular weight excluding hydrogens is 405 g/mol. The topological polar surface area (TPSA) is 163 Å². The third-order valence-corrected chi connectivity index (χ3v) is 5.33. The van der Waals surface area contributed by atoms with Crippen molar-refractivity contribution in [1.82, 2.24) is 5.32 Å². The lowest BCUT2D eigenvalue weighted by atomic mass is 9.95. The van der Waals surface area contributed by atoms with Gasteiger partial charge in [0.1, 0.15) is 23.7 Å². The number of carbonyl (C=O) groups is 2. The first kappa shape index (κ1) is 22.7. The summed E-state index contributed by atoms with van der Waals surface area (Å²) in [5.41, 5.74) is 1.64. The Morgan fingerprint density at radius 1 is 1.34 bits per heavy atom. The number of nitrogens with one attached hydrogen (secondary N) is 1. The second-order valence-electron chi connectivity index (χ2n) is 6.55. The van der Waals surface area contributed by atoms with E-state index in [4.69, 9.17) is 19.3 Å². The van der Waals surface area contributed by atoms with Crippen LogP contribution in [0.5, 0.6) is 11.5 Å². The molecule has 1 heterocycles. The molecule has 5 N–H and O–H groups in total. The smallest absolute Gasteiger partial charge is 0.342 e. The van der Waals surface area contributed by atoms with Gasteiger partial charge in [0, 0.05) is 36.9 Å². The number of esters is 1. The number of phenolic OH excluding ortho intramolecular Hbond substituents is 1. The van der Waals surface area contributed by atoms with Gasteiger partial charge >= 0.3 is 13.6 Å². The van der Waals surface area contributed by atoms with Crippen LogP contribution in [-0.2, 0) is 27.1 Å². The van der Waals surface area contributed by atoms with E-state index in [1.807, 2.05) is 0 Å². The number of phenols is 1. The Bertz CT molecular complexity index is 888. The minimum atomic E-state index is -4.18. The van der Waals surface area contributed by atoms with Gasteiger partial charge in [-0.3, -0.25) is 9.36 Å². The number of hydrogen-bond donors (Lipinski definition) is 5. The fourth-order valence-electron chi connectivity index (χ4n) is 3.02. The van der Waals surface area contributed by atoms with Crippen molar-refractivity contribution in [2.45, 2.75) is 32.8 Å². The van der Waals surface area contributed by atoms with Crippen molar-refractivity contribution in [1.29, 1.82) is 0 Å². The van der Waals surface area contributed by atoms with Crippen molar-refractivity contribution in [3.8, 4) is 11.5 Å². The first-order chi connectivity index (χ1) is 13.5. The normalized spacial score (nSPS) is 13.8. The minimum absolute atomic E-state index is 0.00319. The number of allylic oxidation sites excluding steroid dienone is 2. The van der Waals surface area contributed by atoms with E-state index in [2.05, 4.69) is 5.32 Å². The number of aromatic hydroxyl groups is 1. The summed E-state index contributed by atoms with van der Waals surface area (Å²) < 4.78 is 21.1. The van der Waals surface area contributed by atoms with Crippen LogP contribution in [0, 0.1) is 6.92 Å². The van der Waals surface area contributed by atoms with E-state index >= 15 is 0 Å². The van der Waals surface area contributed by atoms with Crippen molar-refractivity contribution in [2.24, 2.45) is 0 Å². The Kier molecular flexibility index (Phi) is 7.29. The lowest BCUT2D eigenvalue weighted by Crippen LogP contribution is -2.26. The van der Waals surface area contributed by atoms with Crippen molar-refractivity contribution < 1.29 is 43.6 Å². The number of ether oxygens (including phenoxy) is 2. The van der Waals surface area contributed by atoms with E-state index in [0.29, 0.717) is 22.4 Å².